The van der Waals surface area contributed by atoms with Gasteiger partial charge < -0.3 is 4.90 Å². The number of thioether (sulfide) groups is 1. The van der Waals surface area contributed by atoms with Crippen molar-refractivity contribution in [2.45, 2.75) is 57.4 Å². The van der Waals surface area contributed by atoms with Gasteiger partial charge >= 0.3 is 6.18 Å². The number of carbonyl (C=O) groups is 1. The summed E-state index contributed by atoms with van der Waals surface area (Å²) in [4.78, 5) is 22.7. The number of alkyl halides is 3. The Morgan fingerprint density at radius 3 is 2.50 bits per heavy atom. The minimum Gasteiger partial charge on any atom is -0.338 e. The lowest BCUT2D eigenvalue weighted by molar-refractivity contribution is -0.141. The molecule has 1 amide bonds. The minimum atomic E-state index is -4.66. The zero-order valence-corrected chi connectivity index (χ0v) is 19.0. The maximum absolute atomic E-state index is 13.4. The highest BCUT2D eigenvalue weighted by atomic mass is 32.2. The van der Waals surface area contributed by atoms with E-state index in [0.29, 0.717) is 12.1 Å². The van der Waals surface area contributed by atoms with Crippen molar-refractivity contribution in [3.63, 3.8) is 0 Å². The van der Waals surface area contributed by atoms with Crippen molar-refractivity contribution in [1.82, 2.24) is 14.9 Å². The van der Waals surface area contributed by atoms with Gasteiger partial charge in [0, 0.05) is 18.2 Å². The molecular formula is C23H25F4N3OS. The van der Waals surface area contributed by atoms with Gasteiger partial charge in [0.25, 0.3) is 0 Å². The summed E-state index contributed by atoms with van der Waals surface area (Å²) in [5.74, 6) is -0.630. The highest BCUT2D eigenvalue weighted by Gasteiger charge is 2.50. The molecule has 2 aliphatic rings. The fourth-order valence-corrected chi connectivity index (χ4v) is 6.11. The van der Waals surface area contributed by atoms with E-state index in [1.165, 1.54) is 12.1 Å². The Balaban J connectivity index is 1.53. The largest absolute Gasteiger partial charge is 0.433 e. The molecule has 1 aliphatic carbocycles. The van der Waals surface area contributed by atoms with E-state index in [1.54, 1.807) is 0 Å². The van der Waals surface area contributed by atoms with Crippen molar-refractivity contribution in [2.24, 2.45) is 10.8 Å². The molecule has 2 atom stereocenters. The molecule has 32 heavy (non-hydrogen) atoms. The number of nitrogens with zero attached hydrogens (tertiary/aromatic N) is 3. The molecule has 1 saturated heterocycles. The first kappa shape index (κ1) is 23.0. The fourth-order valence-electron chi connectivity index (χ4n) is 5.36. The maximum Gasteiger partial charge on any atom is 0.433 e. The molecule has 9 heteroatoms. The summed E-state index contributed by atoms with van der Waals surface area (Å²) in [6.45, 7) is 7.30. The molecule has 4 nitrogen and oxygen atoms in total. The van der Waals surface area contributed by atoms with Gasteiger partial charge in [-0.25, -0.2) is 14.4 Å². The zero-order chi connectivity index (χ0) is 23.3. The summed E-state index contributed by atoms with van der Waals surface area (Å²) >= 11 is 0.903. The Hall–Kier alpha value is -2.16. The maximum atomic E-state index is 13.4. The fraction of sp³-hybridized carbons (Fsp3) is 0.522. The highest BCUT2D eigenvalue weighted by molar-refractivity contribution is 7.99. The second kappa shape index (κ2) is 8.01. The lowest BCUT2D eigenvalue weighted by Gasteiger charge is -2.39. The van der Waals surface area contributed by atoms with E-state index in [9.17, 15) is 22.4 Å². The third-order valence-corrected chi connectivity index (χ3v) is 7.03. The number of hydrogen-bond acceptors (Lipinski definition) is 4. The van der Waals surface area contributed by atoms with Crippen LogP contribution in [0.1, 0.15) is 45.7 Å². The van der Waals surface area contributed by atoms with Gasteiger partial charge in [-0.05, 0) is 60.4 Å². The van der Waals surface area contributed by atoms with E-state index in [4.69, 9.17) is 0 Å². The van der Waals surface area contributed by atoms with Crippen LogP contribution in [0.3, 0.4) is 0 Å². The van der Waals surface area contributed by atoms with E-state index in [1.807, 2.05) is 4.90 Å². The average Bonchev–Trinajstić information content (AvgIpc) is 2.94. The van der Waals surface area contributed by atoms with Crippen molar-refractivity contribution in [3.8, 4) is 11.3 Å². The Bertz CT molecular complexity index is 1020. The van der Waals surface area contributed by atoms with Gasteiger partial charge in [0.05, 0.1) is 11.4 Å². The first-order valence-corrected chi connectivity index (χ1v) is 11.5. The molecule has 2 heterocycles. The summed E-state index contributed by atoms with van der Waals surface area (Å²) in [6, 6.07) is 6.05. The van der Waals surface area contributed by atoms with Crippen molar-refractivity contribution in [3.05, 3.63) is 41.8 Å². The Labute approximate surface area is 188 Å². The highest BCUT2D eigenvalue weighted by Crippen LogP contribution is 2.52. The van der Waals surface area contributed by atoms with E-state index in [0.717, 1.165) is 49.2 Å². The van der Waals surface area contributed by atoms with Crippen LogP contribution in [0.25, 0.3) is 11.3 Å². The SMILES string of the molecule is CC1(C)C[C@H]2C[C@](C)(CN2C(=O)CSc2nc(-c3ccc(F)cc3)cc(C(F)(F)F)n2)C1. The molecule has 2 bridgehead atoms. The third kappa shape index (κ3) is 4.92. The van der Waals surface area contributed by atoms with Crippen molar-refractivity contribution in [2.75, 3.05) is 12.3 Å². The number of halogens is 4. The summed E-state index contributed by atoms with van der Waals surface area (Å²) < 4.78 is 53.4. The summed E-state index contributed by atoms with van der Waals surface area (Å²) in [5.41, 5.74) is -0.471. The molecule has 0 unspecified atom stereocenters. The number of rotatable bonds is 4. The molecule has 0 spiro atoms. The van der Waals surface area contributed by atoms with Gasteiger partial charge in [-0.1, -0.05) is 32.5 Å². The molecule has 1 aromatic carbocycles. The second-order valence-electron chi connectivity index (χ2n) is 9.95. The third-order valence-electron chi connectivity index (χ3n) is 6.20. The Morgan fingerprint density at radius 1 is 1.16 bits per heavy atom. The van der Waals surface area contributed by atoms with Gasteiger partial charge in [0.15, 0.2) is 5.16 Å². The molecule has 2 fully saturated rings. The van der Waals surface area contributed by atoms with Crippen LogP contribution in [0.5, 0.6) is 0 Å². The molecule has 4 rings (SSSR count). The van der Waals surface area contributed by atoms with Crippen LogP contribution < -0.4 is 0 Å². The first-order chi connectivity index (χ1) is 14.8. The molecule has 172 valence electrons. The predicted molar refractivity (Wildman–Crippen MR) is 114 cm³/mol. The number of benzene rings is 1. The number of likely N-dealkylation sites (tertiary alicyclic amines) is 1. The molecule has 1 aliphatic heterocycles. The van der Waals surface area contributed by atoms with Crippen LogP contribution in [0.2, 0.25) is 0 Å². The topological polar surface area (TPSA) is 46.1 Å². The standard InChI is InChI=1S/C23H25F4N3OS/c1-21(2)9-16-10-22(3,12-21)13-30(16)19(31)11-32-20-28-17(8-18(29-20)23(25,26)27)14-4-6-15(24)7-5-14/h4-8,16H,9-13H2,1-3H3/t16-,22-/m0/s1. The zero-order valence-electron chi connectivity index (χ0n) is 18.2. The van der Waals surface area contributed by atoms with Crippen molar-refractivity contribution >= 4 is 17.7 Å². The molecule has 1 saturated carbocycles. The van der Waals surface area contributed by atoms with Crippen molar-refractivity contribution < 1.29 is 22.4 Å². The lowest BCUT2D eigenvalue weighted by atomic mass is 9.65. The van der Waals surface area contributed by atoms with E-state index in [2.05, 4.69) is 30.7 Å². The normalized spacial score (nSPS) is 24.6. The van der Waals surface area contributed by atoms with Gasteiger partial charge in [-0.3, -0.25) is 4.79 Å². The summed E-state index contributed by atoms with van der Waals surface area (Å²) in [6.07, 6.45) is -1.73. The Kier molecular flexibility index (Phi) is 5.76. The van der Waals surface area contributed by atoms with Gasteiger partial charge in [0.2, 0.25) is 5.91 Å². The second-order valence-corrected chi connectivity index (χ2v) is 10.9. The van der Waals surface area contributed by atoms with Crippen LogP contribution >= 0.6 is 11.8 Å². The minimum absolute atomic E-state index is 0.0306. The molecule has 0 N–H and O–H groups in total. The number of aromatic nitrogens is 2. The van der Waals surface area contributed by atoms with Gasteiger partial charge in [-0.15, -0.1) is 0 Å². The van der Waals surface area contributed by atoms with Crippen LogP contribution in [0, 0.1) is 16.6 Å². The van der Waals surface area contributed by atoms with Gasteiger partial charge in [0.1, 0.15) is 11.5 Å². The number of fused-ring (bicyclic) bond motifs is 2. The molecule has 0 radical (unpaired) electrons. The molecule has 1 aromatic heterocycles. The smallest absolute Gasteiger partial charge is 0.338 e. The van der Waals surface area contributed by atoms with E-state index >= 15 is 0 Å². The van der Waals surface area contributed by atoms with Crippen LogP contribution in [-0.4, -0.2) is 39.1 Å². The summed E-state index contributed by atoms with van der Waals surface area (Å²) in [7, 11) is 0. The first-order valence-electron chi connectivity index (χ1n) is 10.5. The molecule has 2 aromatic rings. The van der Waals surface area contributed by atoms with Crippen LogP contribution in [0.4, 0.5) is 17.6 Å². The molecular weight excluding hydrogens is 442 g/mol. The van der Waals surface area contributed by atoms with E-state index in [-0.39, 0.29) is 39.4 Å². The van der Waals surface area contributed by atoms with E-state index < -0.39 is 17.7 Å². The Morgan fingerprint density at radius 2 is 1.84 bits per heavy atom. The van der Waals surface area contributed by atoms with Crippen molar-refractivity contribution in [1.29, 1.82) is 0 Å². The number of amides is 1. The van der Waals surface area contributed by atoms with Gasteiger partial charge in [-0.2, -0.15) is 13.2 Å². The van der Waals surface area contributed by atoms with Crippen LogP contribution in [-0.2, 0) is 11.0 Å². The quantitative estimate of drug-likeness (QED) is 0.323. The van der Waals surface area contributed by atoms with Crippen LogP contribution in [0.15, 0.2) is 35.5 Å². The predicted octanol–water partition coefficient (Wildman–Crippen LogP) is 5.82. The lowest BCUT2D eigenvalue weighted by Crippen LogP contribution is -2.38. The summed E-state index contributed by atoms with van der Waals surface area (Å²) in [5, 5.41) is -0.124. The average molecular weight is 468 g/mol. The number of hydrogen-bond donors (Lipinski definition) is 0. The number of carbonyl (C=O) groups excluding carboxylic acids is 1. The monoisotopic (exact) mass is 467 g/mol.